The second-order valence-electron chi connectivity index (χ2n) is 7.83. The van der Waals surface area contributed by atoms with Crippen molar-refractivity contribution in [3.05, 3.63) is 52.2 Å². The largest absolute Gasteiger partial charge is 0.374 e. The molecule has 0 aliphatic carbocycles. The Morgan fingerprint density at radius 3 is 2.85 bits per heavy atom. The van der Waals surface area contributed by atoms with E-state index in [0.29, 0.717) is 53.3 Å². The molecule has 0 saturated carbocycles. The summed E-state index contributed by atoms with van der Waals surface area (Å²) in [5, 5.41) is 11.7. The molecule has 4 aromatic rings. The third-order valence-electron chi connectivity index (χ3n) is 5.56. The molecule has 4 heterocycles. The SMILES string of the molecule is CNc1ncc2cc(-c3ccc(-c4ncn(C)n4)cc3Cl)c(=O)n(C[C@H]3CNCCO3)c2n1. The maximum Gasteiger partial charge on any atom is 0.260 e. The number of nitrogens with zero attached hydrogens (tertiary/aromatic N) is 6. The Bertz CT molecular complexity index is 1380. The molecule has 3 aromatic heterocycles. The first-order valence-corrected chi connectivity index (χ1v) is 11.0. The van der Waals surface area contributed by atoms with E-state index in [9.17, 15) is 4.79 Å². The molecule has 0 amide bonds. The third kappa shape index (κ3) is 4.20. The lowest BCUT2D eigenvalue weighted by Crippen LogP contribution is -2.42. The fourth-order valence-corrected chi connectivity index (χ4v) is 4.21. The summed E-state index contributed by atoms with van der Waals surface area (Å²) in [4.78, 5) is 26.8. The molecule has 170 valence electrons. The number of hydrogen-bond donors (Lipinski definition) is 2. The van der Waals surface area contributed by atoms with Crippen LogP contribution in [0.15, 0.2) is 41.6 Å². The molecule has 0 spiro atoms. The van der Waals surface area contributed by atoms with Gasteiger partial charge in [0, 0.05) is 60.5 Å². The number of benzene rings is 1. The molecular weight excluding hydrogens is 444 g/mol. The van der Waals surface area contributed by atoms with Crippen molar-refractivity contribution in [1.82, 2.24) is 34.6 Å². The first kappa shape index (κ1) is 21.5. The summed E-state index contributed by atoms with van der Waals surface area (Å²) in [5.74, 6) is 1.01. The van der Waals surface area contributed by atoms with E-state index < -0.39 is 0 Å². The van der Waals surface area contributed by atoms with Crippen molar-refractivity contribution >= 4 is 28.6 Å². The molecule has 1 saturated heterocycles. The van der Waals surface area contributed by atoms with Crippen molar-refractivity contribution in [2.24, 2.45) is 7.05 Å². The molecule has 0 unspecified atom stereocenters. The Morgan fingerprint density at radius 2 is 2.15 bits per heavy atom. The highest BCUT2D eigenvalue weighted by molar-refractivity contribution is 6.33. The fraction of sp³-hybridized carbons (Fsp3) is 0.318. The number of morpholine rings is 1. The number of fused-ring (bicyclic) bond motifs is 1. The molecule has 5 rings (SSSR count). The molecule has 10 nitrogen and oxygen atoms in total. The van der Waals surface area contributed by atoms with E-state index in [-0.39, 0.29) is 11.7 Å². The summed E-state index contributed by atoms with van der Waals surface area (Å²) in [7, 11) is 3.54. The Morgan fingerprint density at radius 1 is 1.27 bits per heavy atom. The Kier molecular flexibility index (Phi) is 5.79. The zero-order valence-electron chi connectivity index (χ0n) is 18.2. The van der Waals surface area contributed by atoms with E-state index in [1.165, 1.54) is 0 Å². The van der Waals surface area contributed by atoms with E-state index >= 15 is 0 Å². The molecular formula is C22H23ClN8O2. The fourth-order valence-electron chi connectivity index (χ4n) is 3.93. The molecule has 0 radical (unpaired) electrons. The van der Waals surface area contributed by atoms with E-state index in [1.807, 2.05) is 12.1 Å². The monoisotopic (exact) mass is 466 g/mol. The minimum atomic E-state index is -0.192. The van der Waals surface area contributed by atoms with Gasteiger partial charge in [0.25, 0.3) is 5.56 Å². The van der Waals surface area contributed by atoms with Crippen LogP contribution in [0.3, 0.4) is 0 Å². The number of hydrogen-bond acceptors (Lipinski definition) is 8. The first-order chi connectivity index (χ1) is 16.0. The maximum absolute atomic E-state index is 13.7. The minimum absolute atomic E-state index is 0.143. The average Bonchev–Trinajstić information content (AvgIpc) is 3.27. The van der Waals surface area contributed by atoms with E-state index in [0.717, 1.165) is 17.5 Å². The van der Waals surface area contributed by atoms with Gasteiger partial charge in [-0.3, -0.25) is 14.0 Å². The summed E-state index contributed by atoms with van der Waals surface area (Å²) >= 11 is 6.65. The Balaban J connectivity index is 1.63. The lowest BCUT2D eigenvalue weighted by Gasteiger charge is -2.25. The van der Waals surface area contributed by atoms with Gasteiger partial charge in [-0.1, -0.05) is 23.7 Å². The summed E-state index contributed by atoms with van der Waals surface area (Å²) < 4.78 is 9.13. The highest BCUT2D eigenvalue weighted by atomic mass is 35.5. The number of nitrogens with one attached hydrogen (secondary N) is 2. The first-order valence-electron chi connectivity index (χ1n) is 10.6. The van der Waals surface area contributed by atoms with Crippen LogP contribution in [-0.4, -0.2) is 62.1 Å². The van der Waals surface area contributed by atoms with Crippen LogP contribution in [0.5, 0.6) is 0 Å². The summed E-state index contributed by atoms with van der Waals surface area (Å²) in [5.41, 5.74) is 2.22. The van der Waals surface area contributed by atoms with Gasteiger partial charge in [0.2, 0.25) is 5.95 Å². The average molecular weight is 467 g/mol. The lowest BCUT2D eigenvalue weighted by atomic mass is 10.0. The third-order valence-corrected chi connectivity index (χ3v) is 5.87. The van der Waals surface area contributed by atoms with Crippen molar-refractivity contribution < 1.29 is 4.74 Å². The second-order valence-corrected chi connectivity index (χ2v) is 8.24. The predicted octanol–water partition coefficient (Wildman–Crippen LogP) is 1.94. The maximum atomic E-state index is 13.7. The van der Waals surface area contributed by atoms with Gasteiger partial charge in [-0.25, -0.2) is 9.97 Å². The summed E-state index contributed by atoms with van der Waals surface area (Å²) in [6, 6.07) is 7.24. The zero-order chi connectivity index (χ0) is 22.9. The molecule has 33 heavy (non-hydrogen) atoms. The Labute approximate surface area is 194 Å². The van der Waals surface area contributed by atoms with Crippen LogP contribution in [0, 0.1) is 0 Å². The van der Waals surface area contributed by atoms with E-state index in [4.69, 9.17) is 16.3 Å². The van der Waals surface area contributed by atoms with Crippen LogP contribution in [0.4, 0.5) is 5.95 Å². The predicted molar refractivity (Wildman–Crippen MR) is 126 cm³/mol. The standard InChI is InChI=1S/C22H23ClN8O2/c1-24-22-26-9-14-7-17(16-4-3-13(8-18(16)23)19-27-12-30(2)29-19)21(32)31(20(14)28-22)11-15-10-25-5-6-33-15/h3-4,7-9,12,15,25H,5-6,10-11H2,1-2H3,(H,24,26,28)/t15-/m1/s1. The van der Waals surface area contributed by atoms with E-state index in [1.54, 1.807) is 48.0 Å². The molecule has 11 heteroatoms. The molecule has 1 aliphatic heterocycles. The number of pyridine rings is 1. The number of anilines is 1. The normalized spacial score (nSPS) is 16.3. The number of ether oxygens (including phenoxy) is 1. The highest BCUT2D eigenvalue weighted by Gasteiger charge is 2.20. The quantitative estimate of drug-likeness (QED) is 0.459. The number of rotatable bonds is 5. The van der Waals surface area contributed by atoms with Gasteiger partial charge in [-0.2, -0.15) is 10.1 Å². The number of halogens is 1. The number of aromatic nitrogens is 6. The van der Waals surface area contributed by atoms with Crippen LogP contribution in [0.2, 0.25) is 5.02 Å². The van der Waals surface area contributed by atoms with Crippen LogP contribution >= 0.6 is 11.6 Å². The van der Waals surface area contributed by atoms with Crippen LogP contribution in [-0.2, 0) is 18.3 Å². The van der Waals surface area contributed by atoms with E-state index in [2.05, 4.69) is 30.7 Å². The van der Waals surface area contributed by atoms with Gasteiger partial charge >= 0.3 is 0 Å². The van der Waals surface area contributed by atoms with Crippen molar-refractivity contribution in [2.75, 3.05) is 32.1 Å². The minimum Gasteiger partial charge on any atom is -0.374 e. The summed E-state index contributed by atoms with van der Waals surface area (Å²) in [6.07, 6.45) is 3.19. The highest BCUT2D eigenvalue weighted by Crippen LogP contribution is 2.31. The molecule has 1 atom stereocenters. The van der Waals surface area contributed by atoms with Crippen LogP contribution in [0.1, 0.15) is 0 Å². The zero-order valence-corrected chi connectivity index (χ0v) is 19.0. The lowest BCUT2D eigenvalue weighted by molar-refractivity contribution is 0.0183. The van der Waals surface area contributed by atoms with Gasteiger partial charge < -0.3 is 15.4 Å². The van der Waals surface area contributed by atoms with Gasteiger partial charge in [0.15, 0.2) is 5.82 Å². The Hall–Kier alpha value is -3.34. The topological polar surface area (TPSA) is 112 Å². The van der Waals surface area contributed by atoms with Crippen molar-refractivity contribution in [1.29, 1.82) is 0 Å². The molecule has 1 aliphatic rings. The van der Waals surface area contributed by atoms with Crippen LogP contribution < -0.4 is 16.2 Å². The molecule has 0 bridgehead atoms. The van der Waals surface area contributed by atoms with Gasteiger partial charge in [-0.05, 0) is 12.1 Å². The van der Waals surface area contributed by atoms with Gasteiger partial charge in [0.1, 0.15) is 12.0 Å². The summed E-state index contributed by atoms with van der Waals surface area (Å²) in [6.45, 7) is 2.42. The van der Waals surface area contributed by atoms with Crippen LogP contribution in [0.25, 0.3) is 33.5 Å². The van der Waals surface area contributed by atoms with Gasteiger partial charge in [-0.15, -0.1) is 0 Å². The second kappa shape index (κ2) is 8.89. The van der Waals surface area contributed by atoms with Crippen molar-refractivity contribution in [2.45, 2.75) is 12.6 Å². The molecule has 2 N–H and O–H groups in total. The molecule has 1 fully saturated rings. The smallest absolute Gasteiger partial charge is 0.260 e. The van der Waals surface area contributed by atoms with Crippen molar-refractivity contribution in [3.63, 3.8) is 0 Å². The number of aryl methyl sites for hydroxylation is 1. The van der Waals surface area contributed by atoms with Crippen molar-refractivity contribution in [3.8, 4) is 22.5 Å². The van der Waals surface area contributed by atoms with Gasteiger partial charge in [0.05, 0.1) is 19.3 Å². The molecule has 1 aromatic carbocycles.